The molecule has 0 amide bonds. The Balaban J connectivity index is 1.77. The summed E-state index contributed by atoms with van der Waals surface area (Å²) in [6, 6.07) is 14.2. The van der Waals surface area contributed by atoms with Crippen LogP contribution in [0.15, 0.2) is 53.1 Å². The maximum atomic E-state index is 6.20. The lowest BCUT2D eigenvalue weighted by Gasteiger charge is -2.08. The molecule has 0 radical (unpaired) electrons. The molecular weight excluding hydrogens is 324 g/mol. The summed E-state index contributed by atoms with van der Waals surface area (Å²) < 4.78 is 0.995. The van der Waals surface area contributed by atoms with Gasteiger partial charge in [-0.25, -0.2) is 0 Å². The smallest absolute Gasteiger partial charge is 0.0467 e. The van der Waals surface area contributed by atoms with Gasteiger partial charge >= 0.3 is 0 Å². The zero-order chi connectivity index (χ0) is 13.2. The Morgan fingerprint density at radius 2 is 2.00 bits per heavy atom. The van der Waals surface area contributed by atoms with E-state index in [1.54, 1.807) is 0 Å². The van der Waals surface area contributed by atoms with Gasteiger partial charge in [-0.05, 0) is 42.0 Å². The van der Waals surface area contributed by atoms with Crippen LogP contribution in [0.1, 0.15) is 5.56 Å². The lowest BCUT2D eigenvalue weighted by Crippen LogP contribution is -1.99. The van der Waals surface area contributed by atoms with E-state index in [2.05, 4.69) is 50.5 Å². The minimum absolute atomic E-state index is 0.710. The van der Waals surface area contributed by atoms with Gasteiger partial charge < -0.3 is 10.3 Å². The van der Waals surface area contributed by atoms with Crippen molar-refractivity contribution in [1.82, 2.24) is 4.98 Å². The minimum Gasteiger partial charge on any atom is -0.381 e. The largest absolute Gasteiger partial charge is 0.381 e. The van der Waals surface area contributed by atoms with Crippen molar-refractivity contribution < 1.29 is 0 Å². The van der Waals surface area contributed by atoms with Crippen LogP contribution in [-0.4, -0.2) is 4.98 Å². The molecule has 0 spiro atoms. The number of anilines is 1. The molecular formula is C15H12BrClN2. The lowest BCUT2D eigenvalue weighted by atomic mass is 10.2. The molecule has 0 unspecified atom stereocenters. The number of hydrogen-bond donors (Lipinski definition) is 2. The van der Waals surface area contributed by atoms with Gasteiger partial charge in [-0.3, -0.25) is 0 Å². The van der Waals surface area contributed by atoms with E-state index in [1.165, 1.54) is 5.39 Å². The Bertz CT molecular complexity index is 721. The molecule has 2 N–H and O–H groups in total. The molecule has 0 fully saturated rings. The summed E-state index contributed by atoms with van der Waals surface area (Å²) in [6.07, 6.45) is 1.94. The third-order valence-corrected chi connectivity index (χ3v) is 3.90. The first-order chi connectivity index (χ1) is 9.22. The molecule has 2 aromatic carbocycles. The maximum absolute atomic E-state index is 6.20. The lowest BCUT2D eigenvalue weighted by molar-refractivity contribution is 1.15. The number of fused-ring (bicyclic) bond motifs is 1. The Morgan fingerprint density at radius 3 is 2.84 bits per heavy atom. The number of nitrogens with one attached hydrogen (secondary N) is 2. The Morgan fingerprint density at radius 1 is 1.11 bits per heavy atom. The average Bonchev–Trinajstić information content (AvgIpc) is 2.85. The van der Waals surface area contributed by atoms with Gasteiger partial charge in [-0.2, -0.15) is 0 Å². The number of rotatable bonds is 3. The van der Waals surface area contributed by atoms with Gasteiger partial charge in [0.1, 0.15) is 0 Å². The van der Waals surface area contributed by atoms with E-state index in [1.807, 2.05) is 24.4 Å². The van der Waals surface area contributed by atoms with Crippen LogP contribution in [0.2, 0.25) is 5.02 Å². The van der Waals surface area contributed by atoms with Gasteiger partial charge in [0.15, 0.2) is 0 Å². The zero-order valence-electron chi connectivity index (χ0n) is 10.1. The Labute approximate surface area is 124 Å². The van der Waals surface area contributed by atoms with Crippen LogP contribution in [-0.2, 0) is 6.54 Å². The van der Waals surface area contributed by atoms with E-state index >= 15 is 0 Å². The summed E-state index contributed by atoms with van der Waals surface area (Å²) >= 11 is 9.61. The van der Waals surface area contributed by atoms with Crippen molar-refractivity contribution in [3.63, 3.8) is 0 Å². The van der Waals surface area contributed by atoms with Gasteiger partial charge in [0.2, 0.25) is 0 Å². The van der Waals surface area contributed by atoms with Crippen molar-refractivity contribution in [2.45, 2.75) is 6.54 Å². The van der Waals surface area contributed by atoms with Crippen LogP contribution in [0, 0.1) is 0 Å². The summed E-state index contributed by atoms with van der Waals surface area (Å²) in [6.45, 7) is 0.710. The number of aromatic nitrogens is 1. The topological polar surface area (TPSA) is 27.8 Å². The van der Waals surface area contributed by atoms with E-state index in [-0.39, 0.29) is 0 Å². The fraction of sp³-hybridized carbons (Fsp3) is 0.0667. The minimum atomic E-state index is 0.710. The predicted molar refractivity (Wildman–Crippen MR) is 84.8 cm³/mol. The second kappa shape index (κ2) is 5.27. The monoisotopic (exact) mass is 334 g/mol. The van der Waals surface area contributed by atoms with Crippen LogP contribution in [0.5, 0.6) is 0 Å². The molecule has 0 aliphatic heterocycles. The first-order valence-corrected chi connectivity index (χ1v) is 7.14. The summed E-state index contributed by atoms with van der Waals surface area (Å²) in [4.78, 5) is 3.18. The number of benzene rings is 2. The summed E-state index contributed by atoms with van der Waals surface area (Å²) in [7, 11) is 0. The number of hydrogen-bond acceptors (Lipinski definition) is 1. The quantitative estimate of drug-likeness (QED) is 0.677. The fourth-order valence-electron chi connectivity index (χ4n) is 2.03. The van der Waals surface area contributed by atoms with Crippen molar-refractivity contribution in [2.24, 2.45) is 0 Å². The molecule has 96 valence electrons. The zero-order valence-corrected chi connectivity index (χ0v) is 12.4. The molecule has 19 heavy (non-hydrogen) atoms. The summed E-state index contributed by atoms with van der Waals surface area (Å²) in [5, 5.41) is 5.36. The highest BCUT2D eigenvalue weighted by Gasteiger charge is 2.02. The van der Waals surface area contributed by atoms with E-state index in [0.717, 1.165) is 26.3 Å². The summed E-state index contributed by atoms with van der Waals surface area (Å²) in [5.74, 6) is 0. The van der Waals surface area contributed by atoms with E-state index < -0.39 is 0 Å². The molecule has 1 aromatic heterocycles. The van der Waals surface area contributed by atoms with Crippen molar-refractivity contribution >= 4 is 44.1 Å². The second-order valence-electron chi connectivity index (χ2n) is 4.37. The highest BCUT2D eigenvalue weighted by atomic mass is 79.9. The van der Waals surface area contributed by atoms with Gasteiger partial charge in [0.05, 0.1) is 0 Å². The molecule has 0 bridgehead atoms. The maximum Gasteiger partial charge on any atom is 0.0467 e. The van der Waals surface area contributed by atoms with Gasteiger partial charge in [-0.1, -0.05) is 33.6 Å². The van der Waals surface area contributed by atoms with Gasteiger partial charge in [0, 0.05) is 38.8 Å². The fourth-order valence-corrected chi connectivity index (χ4v) is 2.77. The SMILES string of the molecule is Clc1cc(Br)ccc1CNc1ccc2[nH]ccc2c1. The van der Waals surface area contributed by atoms with Crippen LogP contribution in [0.4, 0.5) is 5.69 Å². The van der Waals surface area contributed by atoms with Gasteiger partial charge in [0.25, 0.3) is 0 Å². The molecule has 2 nitrogen and oxygen atoms in total. The summed E-state index contributed by atoms with van der Waals surface area (Å²) in [5.41, 5.74) is 3.32. The van der Waals surface area contributed by atoms with E-state index in [4.69, 9.17) is 11.6 Å². The van der Waals surface area contributed by atoms with E-state index in [0.29, 0.717) is 6.54 Å². The molecule has 4 heteroatoms. The van der Waals surface area contributed by atoms with E-state index in [9.17, 15) is 0 Å². The molecule has 3 rings (SSSR count). The molecule has 0 aliphatic rings. The van der Waals surface area contributed by atoms with Crippen molar-refractivity contribution in [1.29, 1.82) is 0 Å². The van der Waals surface area contributed by atoms with Crippen molar-refractivity contribution in [3.8, 4) is 0 Å². The molecule has 0 atom stereocenters. The highest BCUT2D eigenvalue weighted by molar-refractivity contribution is 9.10. The Hall–Kier alpha value is -1.45. The number of halogens is 2. The normalized spacial score (nSPS) is 10.8. The van der Waals surface area contributed by atoms with Crippen molar-refractivity contribution in [2.75, 3.05) is 5.32 Å². The Kier molecular flexibility index (Phi) is 3.49. The highest BCUT2D eigenvalue weighted by Crippen LogP contribution is 2.23. The molecule has 1 heterocycles. The number of H-pyrrole nitrogens is 1. The van der Waals surface area contributed by atoms with Crippen molar-refractivity contribution in [3.05, 3.63) is 63.7 Å². The third kappa shape index (κ3) is 2.77. The molecule has 0 saturated carbocycles. The predicted octanol–water partition coefficient (Wildman–Crippen LogP) is 5.20. The van der Waals surface area contributed by atoms with Crippen LogP contribution in [0.25, 0.3) is 10.9 Å². The first kappa shape index (κ1) is 12.6. The molecule has 3 aromatic rings. The van der Waals surface area contributed by atoms with Crippen LogP contribution >= 0.6 is 27.5 Å². The first-order valence-electron chi connectivity index (χ1n) is 5.97. The van der Waals surface area contributed by atoms with Gasteiger partial charge in [-0.15, -0.1) is 0 Å². The van der Waals surface area contributed by atoms with Crippen LogP contribution in [0.3, 0.4) is 0 Å². The average molecular weight is 336 g/mol. The second-order valence-corrected chi connectivity index (χ2v) is 5.69. The number of aromatic amines is 1. The third-order valence-electron chi connectivity index (χ3n) is 3.05. The molecule has 0 saturated heterocycles. The standard InChI is InChI=1S/C15H12BrClN2/c16-12-2-1-11(14(17)8-12)9-19-13-3-4-15-10(7-13)5-6-18-15/h1-8,18-19H,9H2. The molecule has 0 aliphatic carbocycles. The van der Waals surface area contributed by atoms with Crippen LogP contribution < -0.4 is 5.32 Å².